The Balaban J connectivity index is 2.69. The summed E-state index contributed by atoms with van der Waals surface area (Å²) in [7, 11) is 0. The summed E-state index contributed by atoms with van der Waals surface area (Å²) in [5.74, 6) is -0.655. The van der Waals surface area contributed by atoms with Gasteiger partial charge in [0.15, 0.2) is 6.10 Å². The molecule has 1 unspecified atom stereocenters. The fourth-order valence-electron chi connectivity index (χ4n) is 1.24. The highest BCUT2D eigenvalue weighted by Gasteiger charge is 2.38. The highest BCUT2D eigenvalue weighted by Crippen LogP contribution is 2.20. The number of aryl methyl sites for hydroxylation is 1. The molecule has 0 saturated heterocycles. The molecular weight excluding hydrogens is 315 g/mol. The minimum Gasteiger partial charge on any atom is -0.382 e. The van der Waals surface area contributed by atoms with Gasteiger partial charge in [0, 0.05) is 10.0 Å². The van der Waals surface area contributed by atoms with Crippen LogP contribution in [0.4, 0.5) is 13.2 Å². The molecule has 1 rings (SSSR count). The van der Waals surface area contributed by atoms with Gasteiger partial charge in [0.25, 0.3) is 5.91 Å². The molecule has 0 fully saturated rings. The van der Waals surface area contributed by atoms with Crippen molar-refractivity contribution in [1.29, 1.82) is 0 Å². The normalized spacial score (nSPS) is 13.2. The van der Waals surface area contributed by atoms with Crippen molar-refractivity contribution in [1.82, 2.24) is 5.32 Å². The summed E-state index contributed by atoms with van der Waals surface area (Å²) >= 11 is 3.17. The lowest BCUT2D eigenvalue weighted by Gasteiger charge is -2.15. The summed E-state index contributed by atoms with van der Waals surface area (Å²) in [6.45, 7) is 0.801. The average Bonchev–Trinajstić information content (AvgIpc) is 2.27. The van der Waals surface area contributed by atoms with E-state index in [1.807, 2.05) is 5.32 Å². The van der Waals surface area contributed by atoms with Gasteiger partial charge < -0.3 is 10.4 Å². The molecule has 0 saturated carbocycles. The van der Waals surface area contributed by atoms with E-state index in [-0.39, 0.29) is 5.56 Å². The molecule has 100 valence electrons. The van der Waals surface area contributed by atoms with Crippen LogP contribution in [0.2, 0.25) is 0 Å². The van der Waals surface area contributed by atoms with Gasteiger partial charge in [-0.1, -0.05) is 22.0 Å². The van der Waals surface area contributed by atoms with Gasteiger partial charge in [-0.25, -0.2) is 0 Å². The van der Waals surface area contributed by atoms with Gasteiger partial charge >= 0.3 is 6.18 Å². The number of nitrogens with one attached hydrogen (secondary N) is 1. The summed E-state index contributed by atoms with van der Waals surface area (Å²) in [5.41, 5.74) is 0.899. The van der Waals surface area contributed by atoms with Gasteiger partial charge in [-0.05, 0) is 24.6 Å². The van der Waals surface area contributed by atoms with E-state index < -0.39 is 24.7 Å². The predicted octanol–water partition coefficient (Wildman–Crippen LogP) is 2.41. The van der Waals surface area contributed by atoms with Crippen molar-refractivity contribution in [2.45, 2.75) is 19.2 Å². The Hall–Kier alpha value is -1.08. The molecule has 0 spiro atoms. The topological polar surface area (TPSA) is 49.3 Å². The standard InChI is InChI=1S/C11H11BrF3NO2/c1-6-2-3-7(12)4-8(6)10(18)16-5-9(17)11(13,14)15/h2-4,9,17H,5H2,1H3,(H,16,18). The molecule has 0 aliphatic carbocycles. The van der Waals surface area contributed by atoms with Crippen LogP contribution in [-0.2, 0) is 0 Å². The maximum Gasteiger partial charge on any atom is 0.416 e. The lowest BCUT2D eigenvalue weighted by Crippen LogP contribution is -2.40. The van der Waals surface area contributed by atoms with Crippen LogP contribution in [-0.4, -0.2) is 29.8 Å². The SMILES string of the molecule is Cc1ccc(Br)cc1C(=O)NCC(O)C(F)(F)F. The molecule has 0 aromatic heterocycles. The van der Waals surface area contributed by atoms with Gasteiger partial charge in [0.1, 0.15) is 0 Å². The molecular formula is C11H11BrF3NO2. The smallest absolute Gasteiger partial charge is 0.382 e. The third kappa shape index (κ3) is 3.99. The zero-order valence-corrected chi connectivity index (χ0v) is 11.0. The highest BCUT2D eigenvalue weighted by molar-refractivity contribution is 9.10. The molecule has 0 radical (unpaired) electrons. The number of aliphatic hydroxyl groups is 1. The number of carbonyl (C=O) groups is 1. The molecule has 3 nitrogen and oxygen atoms in total. The first-order chi connectivity index (χ1) is 8.21. The second kappa shape index (κ2) is 5.71. The summed E-state index contributed by atoms with van der Waals surface area (Å²) in [5, 5.41) is 10.8. The van der Waals surface area contributed by atoms with Crippen LogP contribution in [0.1, 0.15) is 15.9 Å². The number of alkyl halides is 3. The first-order valence-electron chi connectivity index (χ1n) is 5.01. The van der Waals surface area contributed by atoms with Crippen LogP contribution in [0, 0.1) is 6.92 Å². The van der Waals surface area contributed by atoms with Gasteiger partial charge in [-0.2, -0.15) is 13.2 Å². The maximum atomic E-state index is 12.0. The molecule has 7 heteroatoms. The number of aliphatic hydroxyl groups excluding tert-OH is 1. The van der Waals surface area contributed by atoms with Crippen LogP contribution in [0.5, 0.6) is 0 Å². The third-order valence-corrected chi connectivity index (χ3v) is 2.77. The number of rotatable bonds is 3. The van der Waals surface area contributed by atoms with E-state index in [4.69, 9.17) is 5.11 Å². The number of hydrogen-bond acceptors (Lipinski definition) is 2. The van der Waals surface area contributed by atoms with Crippen molar-refractivity contribution >= 4 is 21.8 Å². The minimum absolute atomic E-state index is 0.263. The molecule has 1 aromatic rings. The summed E-state index contributed by atoms with van der Waals surface area (Å²) in [6, 6.07) is 4.89. The second-order valence-corrected chi connectivity index (χ2v) is 4.64. The van der Waals surface area contributed by atoms with Gasteiger partial charge in [-0.3, -0.25) is 4.79 Å². The number of benzene rings is 1. The monoisotopic (exact) mass is 325 g/mol. The van der Waals surface area contributed by atoms with E-state index in [1.165, 1.54) is 6.07 Å². The lowest BCUT2D eigenvalue weighted by molar-refractivity contribution is -0.201. The van der Waals surface area contributed by atoms with Crippen molar-refractivity contribution in [3.63, 3.8) is 0 Å². The van der Waals surface area contributed by atoms with Crippen LogP contribution in [0.3, 0.4) is 0 Å². The number of hydrogen-bond donors (Lipinski definition) is 2. The van der Waals surface area contributed by atoms with E-state index in [9.17, 15) is 18.0 Å². The van der Waals surface area contributed by atoms with Crippen LogP contribution in [0.15, 0.2) is 22.7 Å². The fraction of sp³-hybridized carbons (Fsp3) is 0.364. The van der Waals surface area contributed by atoms with E-state index in [0.29, 0.717) is 10.0 Å². The van der Waals surface area contributed by atoms with Crippen molar-refractivity contribution in [3.05, 3.63) is 33.8 Å². The molecule has 0 aliphatic rings. The van der Waals surface area contributed by atoms with Crippen LogP contribution < -0.4 is 5.32 Å². The minimum atomic E-state index is -4.74. The van der Waals surface area contributed by atoms with E-state index >= 15 is 0 Å². The first kappa shape index (κ1) is 15.0. The molecule has 1 amide bonds. The van der Waals surface area contributed by atoms with E-state index in [0.717, 1.165) is 0 Å². The summed E-state index contributed by atoms with van der Waals surface area (Å²) < 4.78 is 36.8. The zero-order chi connectivity index (χ0) is 13.9. The quantitative estimate of drug-likeness (QED) is 0.896. The van der Waals surface area contributed by atoms with E-state index in [2.05, 4.69) is 15.9 Å². The van der Waals surface area contributed by atoms with Crippen molar-refractivity contribution in [2.24, 2.45) is 0 Å². The Morgan fingerprint density at radius 2 is 2.11 bits per heavy atom. The summed E-state index contributed by atoms with van der Waals surface area (Å²) in [6.07, 6.45) is -7.30. The van der Waals surface area contributed by atoms with Gasteiger partial charge in [-0.15, -0.1) is 0 Å². The van der Waals surface area contributed by atoms with Crippen LogP contribution >= 0.6 is 15.9 Å². The van der Waals surface area contributed by atoms with Crippen molar-refractivity contribution < 1.29 is 23.1 Å². The number of carbonyl (C=O) groups excluding carboxylic acids is 1. The molecule has 1 aromatic carbocycles. The van der Waals surface area contributed by atoms with Crippen LogP contribution in [0.25, 0.3) is 0 Å². The molecule has 0 heterocycles. The van der Waals surface area contributed by atoms with E-state index in [1.54, 1.807) is 19.1 Å². The molecule has 0 bridgehead atoms. The molecule has 18 heavy (non-hydrogen) atoms. The number of amides is 1. The molecule has 2 N–H and O–H groups in total. The number of halogens is 4. The Labute approximate surface area is 110 Å². The first-order valence-corrected chi connectivity index (χ1v) is 5.80. The Morgan fingerprint density at radius 3 is 2.67 bits per heavy atom. The zero-order valence-electron chi connectivity index (χ0n) is 9.38. The largest absolute Gasteiger partial charge is 0.416 e. The molecule has 1 atom stereocenters. The van der Waals surface area contributed by atoms with Crippen molar-refractivity contribution in [2.75, 3.05) is 6.54 Å². The predicted molar refractivity (Wildman–Crippen MR) is 63.3 cm³/mol. The lowest BCUT2D eigenvalue weighted by atomic mass is 10.1. The summed E-state index contributed by atoms with van der Waals surface area (Å²) in [4.78, 5) is 11.6. The Morgan fingerprint density at radius 1 is 1.50 bits per heavy atom. The fourth-order valence-corrected chi connectivity index (χ4v) is 1.60. The highest BCUT2D eigenvalue weighted by atomic mass is 79.9. The molecule has 0 aliphatic heterocycles. The van der Waals surface area contributed by atoms with Gasteiger partial charge in [0.2, 0.25) is 0 Å². The van der Waals surface area contributed by atoms with Gasteiger partial charge in [0.05, 0.1) is 6.54 Å². The average molecular weight is 326 g/mol. The maximum absolute atomic E-state index is 12.0. The Bertz CT molecular complexity index is 448. The second-order valence-electron chi connectivity index (χ2n) is 3.73. The van der Waals surface area contributed by atoms with Crippen molar-refractivity contribution in [3.8, 4) is 0 Å². The Kier molecular flexibility index (Phi) is 4.75. The third-order valence-electron chi connectivity index (χ3n) is 2.28.